The molecule has 9 heteroatoms. The van der Waals surface area contributed by atoms with Crippen molar-refractivity contribution in [3.63, 3.8) is 0 Å². The lowest BCUT2D eigenvalue weighted by Crippen LogP contribution is -2.33. The van der Waals surface area contributed by atoms with Crippen molar-refractivity contribution >= 4 is 39.2 Å². The van der Waals surface area contributed by atoms with Crippen LogP contribution in [-0.4, -0.2) is 47.1 Å². The van der Waals surface area contributed by atoms with E-state index in [1.807, 2.05) is 25.1 Å². The minimum Gasteiger partial charge on any atom is -0.493 e. The number of nitrogens with one attached hydrogen (secondary N) is 1. The first kappa shape index (κ1) is 20.9. The summed E-state index contributed by atoms with van der Waals surface area (Å²) in [7, 11) is 3.22. The van der Waals surface area contributed by atoms with Gasteiger partial charge in [-0.25, -0.2) is 4.98 Å². The van der Waals surface area contributed by atoms with E-state index in [9.17, 15) is 4.79 Å². The molecule has 2 aromatic heterocycles. The fraction of sp³-hybridized carbons (Fsp3) is 0.429. The molecule has 3 aromatic rings. The molecule has 0 bridgehead atoms. The number of carbonyl (C=O) groups excluding carboxylic acids is 1. The number of aromatic nitrogens is 3. The van der Waals surface area contributed by atoms with Crippen molar-refractivity contribution in [2.75, 3.05) is 20.0 Å². The molecule has 1 aromatic carbocycles. The van der Waals surface area contributed by atoms with Gasteiger partial charge in [0.15, 0.2) is 11.5 Å². The van der Waals surface area contributed by atoms with Crippen molar-refractivity contribution in [2.45, 2.75) is 43.7 Å². The number of amides is 1. The molecule has 0 atom stereocenters. The van der Waals surface area contributed by atoms with Gasteiger partial charge in [-0.1, -0.05) is 24.6 Å². The van der Waals surface area contributed by atoms with Crippen LogP contribution >= 0.6 is 23.1 Å². The molecule has 0 saturated heterocycles. The van der Waals surface area contributed by atoms with Gasteiger partial charge in [0.05, 0.1) is 29.7 Å². The SMILES string of the molecule is COc1ccc(-c2nnc(SCC(=O)NC3CCCC3)c3nc(C)sc23)cc1OC. The largest absolute Gasteiger partial charge is 0.493 e. The van der Waals surface area contributed by atoms with Crippen molar-refractivity contribution < 1.29 is 14.3 Å². The van der Waals surface area contributed by atoms with E-state index in [4.69, 9.17) is 9.47 Å². The maximum Gasteiger partial charge on any atom is 0.230 e. The number of ether oxygens (including phenoxy) is 2. The summed E-state index contributed by atoms with van der Waals surface area (Å²) < 4.78 is 11.7. The number of thioether (sulfide) groups is 1. The van der Waals surface area contributed by atoms with E-state index in [0.717, 1.165) is 39.3 Å². The predicted molar refractivity (Wildman–Crippen MR) is 120 cm³/mol. The first-order valence-electron chi connectivity index (χ1n) is 9.87. The van der Waals surface area contributed by atoms with Crippen LogP contribution in [0.3, 0.4) is 0 Å². The summed E-state index contributed by atoms with van der Waals surface area (Å²) in [6.45, 7) is 1.96. The molecular weight excluding hydrogens is 420 g/mol. The highest BCUT2D eigenvalue weighted by Crippen LogP contribution is 2.38. The van der Waals surface area contributed by atoms with Crippen LogP contribution in [0.5, 0.6) is 11.5 Å². The molecule has 0 unspecified atom stereocenters. The second-order valence-electron chi connectivity index (χ2n) is 7.17. The van der Waals surface area contributed by atoms with Gasteiger partial charge in [0.1, 0.15) is 16.2 Å². The fourth-order valence-electron chi connectivity index (χ4n) is 3.66. The van der Waals surface area contributed by atoms with Crippen molar-refractivity contribution in [1.29, 1.82) is 0 Å². The first-order valence-corrected chi connectivity index (χ1v) is 11.7. The molecule has 1 saturated carbocycles. The fourth-order valence-corrected chi connectivity index (χ4v) is 5.39. The summed E-state index contributed by atoms with van der Waals surface area (Å²) >= 11 is 2.96. The smallest absolute Gasteiger partial charge is 0.230 e. The number of aryl methyl sites for hydroxylation is 1. The zero-order chi connectivity index (χ0) is 21.1. The lowest BCUT2D eigenvalue weighted by molar-refractivity contribution is -0.119. The van der Waals surface area contributed by atoms with Crippen LogP contribution in [0.2, 0.25) is 0 Å². The maximum atomic E-state index is 12.3. The summed E-state index contributed by atoms with van der Waals surface area (Å²) in [4.78, 5) is 17.0. The highest BCUT2D eigenvalue weighted by Gasteiger charge is 2.20. The lowest BCUT2D eigenvalue weighted by Gasteiger charge is -2.12. The number of hydrogen-bond acceptors (Lipinski definition) is 8. The molecule has 0 radical (unpaired) electrons. The third-order valence-electron chi connectivity index (χ3n) is 5.11. The lowest BCUT2D eigenvalue weighted by atomic mass is 10.1. The van der Waals surface area contributed by atoms with E-state index in [0.29, 0.717) is 28.3 Å². The van der Waals surface area contributed by atoms with Crippen LogP contribution in [0, 0.1) is 6.92 Å². The Balaban J connectivity index is 1.59. The van der Waals surface area contributed by atoms with Crippen molar-refractivity contribution in [3.8, 4) is 22.8 Å². The number of hydrogen-bond donors (Lipinski definition) is 1. The van der Waals surface area contributed by atoms with Crippen LogP contribution in [0.1, 0.15) is 30.7 Å². The number of fused-ring (bicyclic) bond motifs is 1. The zero-order valence-electron chi connectivity index (χ0n) is 17.2. The Bertz CT molecular complexity index is 1060. The van der Waals surface area contributed by atoms with Gasteiger partial charge >= 0.3 is 0 Å². The van der Waals surface area contributed by atoms with Crippen molar-refractivity contribution in [1.82, 2.24) is 20.5 Å². The van der Waals surface area contributed by atoms with E-state index in [1.165, 1.54) is 24.6 Å². The van der Waals surface area contributed by atoms with E-state index in [2.05, 4.69) is 20.5 Å². The van der Waals surface area contributed by atoms with Gasteiger partial charge in [0.25, 0.3) is 0 Å². The summed E-state index contributed by atoms with van der Waals surface area (Å²) in [6, 6.07) is 5.99. The van der Waals surface area contributed by atoms with Gasteiger partial charge < -0.3 is 14.8 Å². The van der Waals surface area contributed by atoms with Crippen molar-refractivity contribution in [3.05, 3.63) is 23.2 Å². The molecule has 1 amide bonds. The third kappa shape index (κ3) is 4.37. The van der Waals surface area contributed by atoms with Gasteiger partial charge in [0.2, 0.25) is 5.91 Å². The van der Waals surface area contributed by atoms with Crippen LogP contribution < -0.4 is 14.8 Å². The van der Waals surface area contributed by atoms with Gasteiger partial charge in [-0.3, -0.25) is 4.79 Å². The highest BCUT2D eigenvalue weighted by atomic mass is 32.2. The Morgan fingerprint density at radius 1 is 1.20 bits per heavy atom. The Hall–Kier alpha value is -2.39. The minimum atomic E-state index is 0.0396. The Morgan fingerprint density at radius 3 is 2.70 bits per heavy atom. The Morgan fingerprint density at radius 2 is 1.97 bits per heavy atom. The number of nitrogens with zero attached hydrogens (tertiary/aromatic N) is 3. The van der Waals surface area contributed by atoms with E-state index < -0.39 is 0 Å². The van der Waals surface area contributed by atoms with Gasteiger partial charge in [-0.05, 0) is 38.0 Å². The molecule has 1 N–H and O–H groups in total. The zero-order valence-corrected chi connectivity index (χ0v) is 18.9. The molecular formula is C21H24N4O3S2. The minimum absolute atomic E-state index is 0.0396. The van der Waals surface area contributed by atoms with E-state index in [-0.39, 0.29) is 5.91 Å². The van der Waals surface area contributed by atoms with E-state index >= 15 is 0 Å². The second-order valence-corrected chi connectivity index (χ2v) is 9.34. The number of benzene rings is 1. The number of rotatable bonds is 7. The van der Waals surface area contributed by atoms with Gasteiger partial charge in [-0.2, -0.15) is 0 Å². The number of thiazole rings is 1. The second kappa shape index (κ2) is 9.18. The van der Waals surface area contributed by atoms with Crippen molar-refractivity contribution in [2.24, 2.45) is 0 Å². The molecule has 2 heterocycles. The van der Waals surface area contributed by atoms with Gasteiger partial charge in [0, 0.05) is 11.6 Å². The van der Waals surface area contributed by atoms with Crippen LogP contribution in [0.15, 0.2) is 23.2 Å². The average molecular weight is 445 g/mol. The maximum absolute atomic E-state index is 12.3. The van der Waals surface area contributed by atoms with Crippen LogP contribution in [0.4, 0.5) is 0 Å². The molecule has 1 fully saturated rings. The van der Waals surface area contributed by atoms with E-state index in [1.54, 1.807) is 25.6 Å². The third-order valence-corrected chi connectivity index (χ3v) is 7.04. The van der Waals surface area contributed by atoms with Gasteiger partial charge in [-0.15, -0.1) is 21.5 Å². The Labute approximate surface area is 183 Å². The molecule has 1 aliphatic rings. The average Bonchev–Trinajstić information content (AvgIpc) is 3.40. The molecule has 7 nitrogen and oxygen atoms in total. The normalized spacial score (nSPS) is 14.2. The quantitative estimate of drug-likeness (QED) is 0.546. The Kier molecular flexibility index (Phi) is 6.38. The first-order chi connectivity index (χ1) is 14.6. The summed E-state index contributed by atoms with van der Waals surface area (Å²) in [5, 5.41) is 13.6. The molecule has 0 aliphatic heterocycles. The summed E-state index contributed by atoms with van der Waals surface area (Å²) in [5.74, 6) is 1.64. The summed E-state index contributed by atoms with van der Waals surface area (Å²) in [5.41, 5.74) is 2.41. The molecule has 158 valence electrons. The predicted octanol–water partition coefficient (Wildman–Crippen LogP) is 4.23. The highest BCUT2D eigenvalue weighted by molar-refractivity contribution is 8.00. The monoisotopic (exact) mass is 444 g/mol. The standard InChI is InChI=1S/C21H24N4O3S2/c1-12-22-19-20(30-12)18(13-8-9-15(27-2)16(10-13)28-3)24-25-21(19)29-11-17(26)23-14-6-4-5-7-14/h8-10,14H,4-7,11H2,1-3H3,(H,23,26). The van der Waals surface area contributed by atoms with Crippen LogP contribution in [-0.2, 0) is 4.79 Å². The topological polar surface area (TPSA) is 86.2 Å². The number of carbonyl (C=O) groups is 1. The molecule has 4 rings (SSSR count). The number of methoxy groups -OCH3 is 2. The van der Waals surface area contributed by atoms with Crippen LogP contribution in [0.25, 0.3) is 21.5 Å². The summed E-state index contributed by atoms with van der Waals surface area (Å²) in [6.07, 6.45) is 4.54. The molecule has 0 spiro atoms. The molecule has 30 heavy (non-hydrogen) atoms. The molecule has 1 aliphatic carbocycles.